The Morgan fingerprint density at radius 3 is 2.43 bits per heavy atom. The normalized spacial score (nSPS) is 23.1. The second-order valence-electron chi connectivity index (χ2n) is 8.08. The number of benzene rings is 1. The van der Waals surface area contributed by atoms with E-state index in [1.807, 2.05) is 18.2 Å². The molecule has 0 bridgehead atoms. The highest BCUT2D eigenvalue weighted by Gasteiger charge is 2.35. The number of anilines is 2. The number of nitrogens with one attached hydrogen (secondary N) is 1. The van der Waals surface area contributed by atoms with Crippen molar-refractivity contribution in [1.29, 1.82) is 0 Å². The topological polar surface area (TPSA) is 65.1 Å². The number of ether oxygens (including phenoxy) is 1. The van der Waals surface area contributed by atoms with Crippen LogP contribution in [0.5, 0.6) is 0 Å². The van der Waals surface area contributed by atoms with E-state index < -0.39 is 12.2 Å². The van der Waals surface area contributed by atoms with Gasteiger partial charge in [-0.15, -0.1) is 0 Å². The maximum absolute atomic E-state index is 12.6. The van der Waals surface area contributed by atoms with Crippen molar-refractivity contribution in [3.63, 3.8) is 0 Å². The molecule has 0 unspecified atom stereocenters. The summed E-state index contributed by atoms with van der Waals surface area (Å²) in [5, 5.41) is 2.95. The zero-order chi connectivity index (χ0) is 20.3. The molecule has 0 spiro atoms. The van der Waals surface area contributed by atoms with Gasteiger partial charge in [0.05, 0.1) is 0 Å². The van der Waals surface area contributed by atoms with E-state index in [0.717, 1.165) is 37.6 Å². The largest absolute Gasteiger partial charge is 0.369 e. The van der Waals surface area contributed by atoms with Gasteiger partial charge in [0.1, 0.15) is 12.2 Å². The molecule has 3 rings (SSSR count). The van der Waals surface area contributed by atoms with Crippen LogP contribution in [-0.2, 0) is 14.3 Å². The number of carbonyl (C=O) groups is 2. The smallest absolute Gasteiger partial charge is 0.253 e. The summed E-state index contributed by atoms with van der Waals surface area (Å²) >= 11 is 0. The average Bonchev–Trinajstić information content (AvgIpc) is 3.18. The number of rotatable bonds is 5. The van der Waals surface area contributed by atoms with Crippen LogP contribution in [0.3, 0.4) is 0 Å². The van der Waals surface area contributed by atoms with Gasteiger partial charge in [-0.1, -0.05) is 6.07 Å². The van der Waals surface area contributed by atoms with Gasteiger partial charge in [-0.3, -0.25) is 14.5 Å². The Balaban J connectivity index is 1.56. The van der Waals surface area contributed by atoms with Crippen LogP contribution in [0, 0.1) is 0 Å². The van der Waals surface area contributed by atoms with Crippen molar-refractivity contribution in [2.45, 2.75) is 44.9 Å². The second-order valence-corrected chi connectivity index (χ2v) is 8.08. The number of nitrogens with zero attached hydrogens (tertiary/aromatic N) is 3. The van der Waals surface area contributed by atoms with Crippen LogP contribution in [-0.4, -0.2) is 80.1 Å². The van der Waals surface area contributed by atoms with Crippen molar-refractivity contribution in [3.8, 4) is 0 Å². The number of piperazine rings is 1. The molecule has 0 radical (unpaired) electrons. The van der Waals surface area contributed by atoms with Gasteiger partial charge < -0.3 is 19.9 Å². The monoisotopic (exact) mass is 388 g/mol. The fourth-order valence-electron chi connectivity index (χ4n) is 3.80. The third kappa shape index (κ3) is 4.83. The SMILES string of the molecule is CC(C)N1CCN(c2cccc(NC(=O)[C@@H]3CC[C@H](C(=O)N(C)C)O3)c2)CC1. The number of likely N-dealkylation sites (N-methyl/N-ethyl adjacent to an activating group) is 1. The molecule has 2 amide bonds. The molecular weight excluding hydrogens is 356 g/mol. The van der Waals surface area contributed by atoms with E-state index in [2.05, 4.69) is 35.0 Å². The molecule has 2 heterocycles. The molecule has 2 atom stereocenters. The van der Waals surface area contributed by atoms with Crippen LogP contribution < -0.4 is 10.2 Å². The van der Waals surface area contributed by atoms with Crippen molar-refractivity contribution < 1.29 is 14.3 Å². The summed E-state index contributed by atoms with van der Waals surface area (Å²) in [5.41, 5.74) is 1.88. The summed E-state index contributed by atoms with van der Waals surface area (Å²) in [4.78, 5) is 30.9. The summed E-state index contributed by atoms with van der Waals surface area (Å²) in [7, 11) is 3.40. The Labute approximate surface area is 167 Å². The maximum atomic E-state index is 12.6. The quantitative estimate of drug-likeness (QED) is 0.833. The van der Waals surface area contributed by atoms with Gasteiger partial charge in [-0.25, -0.2) is 0 Å². The first-order valence-corrected chi connectivity index (χ1v) is 10.1. The molecule has 28 heavy (non-hydrogen) atoms. The highest BCUT2D eigenvalue weighted by atomic mass is 16.5. The summed E-state index contributed by atoms with van der Waals surface area (Å²) in [6, 6.07) is 8.53. The molecular formula is C21H32N4O3. The summed E-state index contributed by atoms with van der Waals surface area (Å²) in [6.07, 6.45) is 0.0452. The van der Waals surface area contributed by atoms with E-state index in [4.69, 9.17) is 4.74 Å². The Hall–Kier alpha value is -2.12. The molecule has 7 heteroatoms. The molecule has 2 aliphatic heterocycles. The van der Waals surface area contributed by atoms with E-state index in [-0.39, 0.29) is 11.8 Å². The minimum atomic E-state index is -0.577. The van der Waals surface area contributed by atoms with Gasteiger partial charge >= 0.3 is 0 Å². The molecule has 7 nitrogen and oxygen atoms in total. The van der Waals surface area contributed by atoms with Crippen LogP contribution in [0.2, 0.25) is 0 Å². The molecule has 1 aromatic rings. The predicted molar refractivity (Wildman–Crippen MR) is 111 cm³/mol. The van der Waals surface area contributed by atoms with E-state index in [1.54, 1.807) is 14.1 Å². The zero-order valence-corrected chi connectivity index (χ0v) is 17.4. The van der Waals surface area contributed by atoms with Gasteiger partial charge in [-0.05, 0) is 44.9 Å². The fourth-order valence-corrected chi connectivity index (χ4v) is 3.80. The van der Waals surface area contributed by atoms with E-state index >= 15 is 0 Å². The summed E-state index contributed by atoms with van der Waals surface area (Å²) < 4.78 is 5.68. The first kappa shape index (κ1) is 20.6. The van der Waals surface area contributed by atoms with Gasteiger partial charge in [0, 0.05) is 57.7 Å². The molecule has 2 saturated heterocycles. The molecule has 0 aromatic heterocycles. The fraction of sp³-hybridized carbons (Fsp3) is 0.619. The molecule has 2 fully saturated rings. The zero-order valence-electron chi connectivity index (χ0n) is 17.4. The molecule has 1 N–H and O–H groups in total. The number of hydrogen-bond acceptors (Lipinski definition) is 5. The molecule has 1 aromatic carbocycles. The minimum absolute atomic E-state index is 0.0853. The van der Waals surface area contributed by atoms with E-state index in [1.165, 1.54) is 4.90 Å². The van der Waals surface area contributed by atoms with Crippen molar-refractivity contribution in [2.24, 2.45) is 0 Å². The Bertz CT molecular complexity index is 699. The first-order valence-electron chi connectivity index (χ1n) is 10.1. The number of hydrogen-bond donors (Lipinski definition) is 1. The van der Waals surface area contributed by atoms with Crippen molar-refractivity contribution in [2.75, 3.05) is 50.5 Å². The average molecular weight is 389 g/mol. The van der Waals surface area contributed by atoms with Crippen molar-refractivity contribution in [1.82, 2.24) is 9.80 Å². The summed E-state index contributed by atoms with van der Waals surface area (Å²) in [5.74, 6) is -0.270. The second kappa shape index (κ2) is 8.92. The third-order valence-corrected chi connectivity index (χ3v) is 5.55. The first-order chi connectivity index (χ1) is 13.3. The highest BCUT2D eigenvalue weighted by Crippen LogP contribution is 2.25. The third-order valence-electron chi connectivity index (χ3n) is 5.55. The van der Waals surface area contributed by atoms with Gasteiger partial charge in [0.15, 0.2) is 0 Å². The van der Waals surface area contributed by atoms with Crippen LogP contribution >= 0.6 is 0 Å². The maximum Gasteiger partial charge on any atom is 0.253 e. The lowest BCUT2D eigenvalue weighted by Crippen LogP contribution is -2.48. The molecule has 0 saturated carbocycles. The molecule has 2 aliphatic rings. The minimum Gasteiger partial charge on any atom is -0.369 e. The molecule has 154 valence electrons. The Kier molecular flexibility index (Phi) is 6.57. The lowest BCUT2D eigenvalue weighted by Gasteiger charge is -2.38. The van der Waals surface area contributed by atoms with Gasteiger partial charge in [-0.2, -0.15) is 0 Å². The highest BCUT2D eigenvalue weighted by molar-refractivity contribution is 5.95. The Morgan fingerprint density at radius 1 is 1.11 bits per heavy atom. The predicted octanol–water partition coefficient (Wildman–Crippen LogP) is 1.79. The van der Waals surface area contributed by atoms with E-state index in [0.29, 0.717) is 18.9 Å². The standard InChI is InChI=1S/C21H32N4O3/c1-15(2)24-10-12-25(13-11-24)17-7-5-6-16(14-17)22-20(26)18-8-9-19(28-18)21(27)23(3)4/h5-7,14-15,18-19H,8-13H2,1-4H3,(H,22,26)/t18-,19+/m0/s1. The number of amides is 2. The van der Waals surface area contributed by atoms with Crippen LogP contribution in [0.1, 0.15) is 26.7 Å². The van der Waals surface area contributed by atoms with Crippen molar-refractivity contribution >= 4 is 23.2 Å². The van der Waals surface area contributed by atoms with Crippen LogP contribution in [0.4, 0.5) is 11.4 Å². The van der Waals surface area contributed by atoms with Crippen molar-refractivity contribution in [3.05, 3.63) is 24.3 Å². The van der Waals surface area contributed by atoms with Crippen LogP contribution in [0.25, 0.3) is 0 Å². The lowest BCUT2D eigenvalue weighted by atomic mass is 10.1. The van der Waals surface area contributed by atoms with Gasteiger partial charge in [0.2, 0.25) is 0 Å². The van der Waals surface area contributed by atoms with Gasteiger partial charge in [0.25, 0.3) is 11.8 Å². The van der Waals surface area contributed by atoms with Crippen LogP contribution in [0.15, 0.2) is 24.3 Å². The lowest BCUT2D eigenvalue weighted by molar-refractivity contribution is -0.143. The molecule has 0 aliphatic carbocycles. The van der Waals surface area contributed by atoms with E-state index in [9.17, 15) is 9.59 Å². The Morgan fingerprint density at radius 2 is 1.79 bits per heavy atom. The number of carbonyl (C=O) groups excluding carboxylic acids is 2. The summed E-state index contributed by atoms with van der Waals surface area (Å²) in [6.45, 7) is 8.52.